The first-order chi connectivity index (χ1) is 12.9. The maximum atomic E-state index is 13.1. The molecule has 3 aliphatic rings. The number of rotatable bonds is 4. The van der Waals surface area contributed by atoms with Crippen LogP contribution in [0.15, 0.2) is 59.4 Å². The number of hydrogen-bond acceptors (Lipinski definition) is 5. The molecule has 7 nitrogen and oxygen atoms in total. The number of fused-ring (bicyclic) bond motifs is 3. The molecule has 0 N–H and O–H groups in total. The first kappa shape index (κ1) is 17.3. The highest BCUT2D eigenvalue weighted by Crippen LogP contribution is 2.34. The second-order valence-electron chi connectivity index (χ2n) is 7.31. The number of likely N-dealkylation sites (N-methyl/N-ethyl adjacent to an activating group) is 1. The van der Waals surface area contributed by atoms with Crippen LogP contribution in [0.3, 0.4) is 0 Å². The van der Waals surface area contributed by atoms with E-state index in [0.29, 0.717) is 6.54 Å². The van der Waals surface area contributed by atoms with Crippen LogP contribution in [-0.2, 0) is 11.3 Å². The predicted octanol–water partition coefficient (Wildman–Crippen LogP) is 2.20. The van der Waals surface area contributed by atoms with Crippen LogP contribution in [0.1, 0.15) is 19.4 Å². The molecule has 3 aliphatic heterocycles. The zero-order valence-electron chi connectivity index (χ0n) is 15.8. The summed E-state index contributed by atoms with van der Waals surface area (Å²) in [6.07, 6.45) is 1.44. The number of imide groups is 1. The second-order valence-corrected chi connectivity index (χ2v) is 7.31. The topological polar surface area (TPSA) is 59.5 Å². The molecule has 0 saturated carbocycles. The lowest BCUT2D eigenvalue weighted by atomic mass is 10.1. The van der Waals surface area contributed by atoms with Crippen molar-refractivity contribution in [2.75, 3.05) is 13.6 Å². The molecule has 140 valence electrons. The van der Waals surface area contributed by atoms with Gasteiger partial charge >= 0.3 is 6.03 Å². The molecule has 27 heavy (non-hydrogen) atoms. The minimum atomic E-state index is -0.530. The monoisotopic (exact) mass is 365 g/mol. The van der Waals surface area contributed by atoms with Crippen molar-refractivity contribution in [1.29, 1.82) is 0 Å². The molecule has 0 bridgehead atoms. The third kappa shape index (κ3) is 2.70. The van der Waals surface area contributed by atoms with E-state index in [1.165, 1.54) is 4.90 Å². The molecule has 1 saturated heterocycles. The quantitative estimate of drug-likeness (QED) is 0.768. The van der Waals surface area contributed by atoms with Crippen molar-refractivity contribution in [3.05, 3.63) is 59.9 Å². The van der Waals surface area contributed by atoms with Crippen molar-refractivity contribution < 1.29 is 9.59 Å². The summed E-state index contributed by atoms with van der Waals surface area (Å²) in [5.74, 6) is 0.493. The molecule has 3 amide bonds. The average molecular weight is 365 g/mol. The number of aliphatic imine (C=N–C) groups is 1. The Hall–Kier alpha value is -3.09. The second kappa shape index (κ2) is 6.26. The van der Waals surface area contributed by atoms with Gasteiger partial charge in [0, 0.05) is 18.9 Å². The normalized spacial score (nSPS) is 24.1. The van der Waals surface area contributed by atoms with E-state index in [-0.39, 0.29) is 18.5 Å². The van der Waals surface area contributed by atoms with Crippen molar-refractivity contribution in [2.24, 2.45) is 4.99 Å². The van der Waals surface area contributed by atoms with Crippen LogP contribution in [0, 0.1) is 0 Å². The molecular formula is C20H23N5O2. The largest absolute Gasteiger partial charge is 0.328 e. The number of amides is 3. The van der Waals surface area contributed by atoms with Gasteiger partial charge in [-0.25, -0.2) is 9.79 Å². The average Bonchev–Trinajstić information content (AvgIpc) is 3.14. The highest BCUT2D eigenvalue weighted by molar-refractivity contribution is 6.05. The van der Waals surface area contributed by atoms with Gasteiger partial charge in [0.25, 0.3) is 5.91 Å². The van der Waals surface area contributed by atoms with Gasteiger partial charge in [-0.1, -0.05) is 42.5 Å². The van der Waals surface area contributed by atoms with Gasteiger partial charge in [0.1, 0.15) is 0 Å². The summed E-state index contributed by atoms with van der Waals surface area (Å²) < 4.78 is 0. The standard InChI is InChI=1S/C20H23N5O2/c1-13(2)10-25-18(26)16-17(22(4)20(25)27)21-19-23(14(3)11-24(16)19)12-15-8-6-5-7-9-15/h5-9,11,16-17H,1,10,12H2,2-4H3. The Morgan fingerprint density at radius 3 is 2.56 bits per heavy atom. The molecule has 2 unspecified atom stereocenters. The molecule has 0 aromatic heterocycles. The first-order valence-corrected chi connectivity index (χ1v) is 8.97. The summed E-state index contributed by atoms with van der Waals surface area (Å²) in [6, 6.07) is 9.26. The van der Waals surface area contributed by atoms with Crippen molar-refractivity contribution in [1.82, 2.24) is 19.6 Å². The lowest BCUT2D eigenvalue weighted by Gasteiger charge is -2.40. The van der Waals surface area contributed by atoms with Crippen LogP contribution >= 0.6 is 0 Å². The number of carbonyl (C=O) groups is 2. The molecular weight excluding hydrogens is 342 g/mol. The number of benzene rings is 1. The highest BCUT2D eigenvalue weighted by Gasteiger charge is 2.54. The SMILES string of the molecule is C=C(C)CN1C(=O)C2C(N=C3N(Cc4ccccc4)C(C)=CN32)N(C)C1=O. The van der Waals surface area contributed by atoms with Gasteiger partial charge < -0.3 is 14.7 Å². The molecule has 4 rings (SSSR count). The fourth-order valence-corrected chi connectivity index (χ4v) is 3.78. The minimum Gasteiger partial charge on any atom is -0.310 e. The van der Waals surface area contributed by atoms with Gasteiger partial charge in [-0.2, -0.15) is 0 Å². The van der Waals surface area contributed by atoms with Gasteiger partial charge in [0.15, 0.2) is 12.2 Å². The molecule has 0 spiro atoms. The van der Waals surface area contributed by atoms with E-state index < -0.39 is 12.2 Å². The number of hydrogen-bond donors (Lipinski definition) is 0. The van der Waals surface area contributed by atoms with Crippen LogP contribution in [0.5, 0.6) is 0 Å². The summed E-state index contributed by atoms with van der Waals surface area (Å²) in [7, 11) is 1.70. The lowest BCUT2D eigenvalue weighted by molar-refractivity contribution is -0.136. The van der Waals surface area contributed by atoms with Crippen LogP contribution in [-0.4, -0.2) is 63.3 Å². The number of urea groups is 1. The van der Waals surface area contributed by atoms with E-state index in [9.17, 15) is 9.59 Å². The van der Waals surface area contributed by atoms with Crippen molar-refractivity contribution >= 4 is 17.9 Å². The van der Waals surface area contributed by atoms with E-state index in [4.69, 9.17) is 4.99 Å². The van der Waals surface area contributed by atoms with Crippen molar-refractivity contribution in [2.45, 2.75) is 32.6 Å². The molecule has 0 aliphatic carbocycles. The van der Waals surface area contributed by atoms with Gasteiger partial charge in [-0.3, -0.25) is 9.69 Å². The Bertz CT molecular complexity index is 876. The van der Waals surface area contributed by atoms with Gasteiger partial charge in [0.05, 0.1) is 13.1 Å². The van der Waals surface area contributed by atoms with Crippen LogP contribution in [0.25, 0.3) is 0 Å². The molecule has 7 heteroatoms. The molecule has 2 atom stereocenters. The van der Waals surface area contributed by atoms with Gasteiger partial charge in [-0.15, -0.1) is 0 Å². The molecule has 3 heterocycles. The molecule has 1 fully saturated rings. The van der Waals surface area contributed by atoms with Gasteiger partial charge in [0.2, 0.25) is 5.96 Å². The molecule has 0 radical (unpaired) electrons. The number of nitrogens with zero attached hydrogens (tertiary/aromatic N) is 5. The van der Waals surface area contributed by atoms with E-state index in [1.807, 2.05) is 43.1 Å². The smallest absolute Gasteiger partial charge is 0.310 e. The maximum absolute atomic E-state index is 13.1. The Balaban J connectivity index is 1.64. The Kier molecular flexibility index (Phi) is 4.02. The summed E-state index contributed by atoms with van der Waals surface area (Å²) in [6.45, 7) is 8.55. The number of allylic oxidation sites excluding steroid dienone is 1. The summed E-state index contributed by atoms with van der Waals surface area (Å²) in [5, 5.41) is 0. The van der Waals surface area contributed by atoms with Crippen molar-refractivity contribution in [3.63, 3.8) is 0 Å². The highest BCUT2D eigenvalue weighted by atomic mass is 16.2. The van der Waals surface area contributed by atoms with E-state index >= 15 is 0 Å². The van der Waals surface area contributed by atoms with Crippen LogP contribution in [0.4, 0.5) is 4.79 Å². The molecule has 1 aromatic carbocycles. The third-order valence-electron chi connectivity index (χ3n) is 5.11. The van der Waals surface area contributed by atoms with E-state index in [2.05, 4.69) is 23.6 Å². The summed E-state index contributed by atoms with van der Waals surface area (Å²) >= 11 is 0. The Labute approximate surface area is 158 Å². The zero-order valence-corrected chi connectivity index (χ0v) is 15.8. The fraction of sp³-hybridized carbons (Fsp3) is 0.350. The Morgan fingerprint density at radius 2 is 1.89 bits per heavy atom. The third-order valence-corrected chi connectivity index (χ3v) is 5.11. The van der Waals surface area contributed by atoms with Crippen LogP contribution < -0.4 is 0 Å². The summed E-state index contributed by atoms with van der Waals surface area (Å²) in [5.41, 5.74) is 2.95. The van der Waals surface area contributed by atoms with E-state index in [0.717, 1.165) is 22.8 Å². The van der Waals surface area contributed by atoms with Crippen molar-refractivity contribution in [3.8, 4) is 0 Å². The lowest BCUT2D eigenvalue weighted by Crippen LogP contribution is -2.64. The Morgan fingerprint density at radius 1 is 1.19 bits per heavy atom. The number of guanidine groups is 1. The first-order valence-electron chi connectivity index (χ1n) is 8.97. The minimum absolute atomic E-state index is 0.226. The summed E-state index contributed by atoms with van der Waals surface area (Å²) in [4.78, 5) is 37.3. The fourth-order valence-electron chi connectivity index (χ4n) is 3.78. The van der Waals surface area contributed by atoms with Gasteiger partial charge in [-0.05, 0) is 19.4 Å². The number of carbonyl (C=O) groups excluding carboxylic acids is 2. The molecule has 1 aromatic rings. The zero-order chi connectivity index (χ0) is 19.3. The maximum Gasteiger partial charge on any atom is 0.328 e. The predicted molar refractivity (Wildman–Crippen MR) is 102 cm³/mol. The van der Waals surface area contributed by atoms with Crippen LogP contribution in [0.2, 0.25) is 0 Å². The van der Waals surface area contributed by atoms with E-state index in [1.54, 1.807) is 11.9 Å².